The molecular weight excluding hydrogens is 317 g/mol. The van der Waals surface area contributed by atoms with E-state index in [1.165, 1.54) is 10.8 Å². The van der Waals surface area contributed by atoms with Crippen molar-refractivity contribution in [1.29, 1.82) is 0 Å². The Morgan fingerprint density at radius 2 is 1.95 bits per heavy atom. The van der Waals surface area contributed by atoms with Crippen molar-refractivity contribution in [2.75, 3.05) is 0 Å². The third-order valence-electron chi connectivity index (χ3n) is 3.25. The zero-order valence-electron chi connectivity index (χ0n) is 10.9. The minimum atomic E-state index is -4.51. The predicted molar refractivity (Wildman–Crippen MR) is 76.5 cm³/mol. The number of nitrogens with zero attached hydrogens (tertiary/aromatic N) is 2. The third-order valence-corrected chi connectivity index (χ3v) is 3.53. The predicted octanol–water partition coefficient (Wildman–Crippen LogP) is 4.51. The number of hydrogen-bond acceptors (Lipinski definition) is 2. The van der Waals surface area contributed by atoms with Crippen molar-refractivity contribution in [3.8, 4) is 5.82 Å². The first-order valence-electron chi connectivity index (χ1n) is 6.20. The molecule has 1 aromatic carbocycles. The van der Waals surface area contributed by atoms with Crippen LogP contribution in [0, 0.1) is 0 Å². The van der Waals surface area contributed by atoms with Gasteiger partial charge in [0.25, 0.3) is 0 Å². The summed E-state index contributed by atoms with van der Waals surface area (Å²) in [6.45, 7) is 0. The first-order chi connectivity index (χ1) is 10.4. The highest BCUT2D eigenvalue weighted by molar-refractivity contribution is 6.32. The second-order valence-electron chi connectivity index (χ2n) is 4.62. The summed E-state index contributed by atoms with van der Waals surface area (Å²) in [5.74, 6) is 0.138. The summed E-state index contributed by atoms with van der Waals surface area (Å²) < 4.78 is 39.5. The van der Waals surface area contributed by atoms with Crippen molar-refractivity contribution in [1.82, 2.24) is 9.55 Å². The van der Waals surface area contributed by atoms with E-state index >= 15 is 0 Å². The first kappa shape index (κ1) is 14.6. The Kier molecular flexibility index (Phi) is 3.41. The van der Waals surface area contributed by atoms with Gasteiger partial charge in [0.15, 0.2) is 12.1 Å². The number of alkyl halides is 3. The van der Waals surface area contributed by atoms with Crippen LogP contribution in [0.4, 0.5) is 13.2 Å². The molecule has 0 unspecified atom stereocenters. The monoisotopic (exact) mass is 324 g/mol. The van der Waals surface area contributed by atoms with Crippen LogP contribution in [0.15, 0.2) is 42.7 Å². The summed E-state index contributed by atoms with van der Waals surface area (Å²) in [5.41, 5.74) is 0.125. The van der Waals surface area contributed by atoms with E-state index in [-0.39, 0.29) is 10.8 Å². The molecule has 3 nitrogen and oxygen atoms in total. The standard InChI is InChI=1S/C15H8ClF3N2O/c16-12-5-10(15(17,18)19)6-20-14(12)21-7-9(8-22)11-3-1-2-4-13(11)21/h1-8H. The lowest BCUT2D eigenvalue weighted by Gasteiger charge is -2.10. The average Bonchev–Trinajstić information content (AvgIpc) is 2.85. The number of pyridine rings is 1. The largest absolute Gasteiger partial charge is 0.417 e. The Morgan fingerprint density at radius 1 is 1.23 bits per heavy atom. The van der Waals surface area contributed by atoms with Crippen molar-refractivity contribution in [3.05, 3.63) is 58.9 Å². The van der Waals surface area contributed by atoms with E-state index in [2.05, 4.69) is 4.98 Å². The maximum atomic E-state index is 12.7. The molecule has 0 atom stereocenters. The maximum Gasteiger partial charge on any atom is 0.417 e. The second kappa shape index (κ2) is 5.14. The number of carbonyl (C=O) groups excluding carboxylic acids is 1. The highest BCUT2D eigenvalue weighted by Gasteiger charge is 2.31. The Morgan fingerprint density at radius 3 is 2.59 bits per heavy atom. The number of aromatic nitrogens is 2. The smallest absolute Gasteiger partial charge is 0.299 e. The summed E-state index contributed by atoms with van der Waals surface area (Å²) in [7, 11) is 0. The van der Waals surface area contributed by atoms with E-state index in [9.17, 15) is 18.0 Å². The molecule has 3 rings (SSSR count). The molecule has 2 heterocycles. The zero-order chi connectivity index (χ0) is 15.9. The van der Waals surface area contributed by atoms with Gasteiger partial charge >= 0.3 is 6.18 Å². The number of carbonyl (C=O) groups is 1. The van der Waals surface area contributed by atoms with Gasteiger partial charge < -0.3 is 0 Å². The fourth-order valence-corrected chi connectivity index (χ4v) is 2.50. The minimum Gasteiger partial charge on any atom is -0.299 e. The molecule has 0 radical (unpaired) electrons. The number of aldehydes is 1. The Hall–Kier alpha value is -2.34. The fraction of sp³-hybridized carbons (Fsp3) is 0.0667. The Labute approximate surface area is 128 Å². The molecule has 0 aliphatic heterocycles. The molecule has 0 saturated carbocycles. The van der Waals surface area contributed by atoms with Gasteiger partial charge in [-0.25, -0.2) is 4.98 Å². The highest BCUT2D eigenvalue weighted by atomic mass is 35.5. The number of halogens is 4. The van der Waals surface area contributed by atoms with Crippen molar-refractivity contribution in [2.45, 2.75) is 6.18 Å². The van der Waals surface area contributed by atoms with Crippen molar-refractivity contribution < 1.29 is 18.0 Å². The first-order valence-corrected chi connectivity index (χ1v) is 6.58. The van der Waals surface area contributed by atoms with E-state index in [1.807, 2.05) is 0 Å². The molecular formula is C15H8ClF3N2O. The Bertz CT molecular complexity index is 871. The number of rotatable bonds is 2. The second-order valence-corrected chi connectivity index (χ2v) is 5.02. The molecule has 0 amide bonds. The molecule has 0 spiro atoms. The third kappa shape index (κ3) is 2.35. The summed E-state index contributed by atoms with van der Waals surface area (Å²) in [4.78, 5) is 14.9. The summed E-state index contributed by atoms with van der Waals surface area (Å²) in [6.07, 6.45) is -1.62. The molecule has 0 aliphatic rings. The van der Waals surface area contributed by atoms with Crippen LogP contribution >= 0.6 is 11.6 Å². The molecule has 2 aromatic heterocycles. The van der Waals surface area contributed by atoms with Crippen LogP contribution in [0.1, 0.15) is 15.9 Å². The van der Waals surface area contributed by atoms with Crippen LogP contribution in [0.3, 0.4) is 0 Å². The van der Waals surface area contributed by atoms with Gasteiger partial charge in [-0.3, -0.25) is 9.36 Å². The van der Waals surface area contributed by atoms with Crippen LogP contribution in [-0.2, 0) is 6.18 Å². The average molecular weight is 325 g/mol. The Balaban J connectivity index is 2.22. The SMILES string of the molecule is O=Cc1cn(-c2ncc(C(F)(F)F)cc2Cl)c2ccccc12. The van der Waals surface area contributed by atoms with Crippen LogP contribution < -0.4 is 0 Å². The van der Waals surface area contributed by atoms with Crippen LogP contribution in [0.5, 0.6) is 0 Å². The molecule has 0 saturated heterocycles. The van der Waals surface area contributed by atoms with Gasteiger partial charge in [0, 0.05) is 23.3 Å². The molecule has 7 heteroatoms. The highest BCUT2D eigenvalue weighted by Crippen LogP contribution is 2.33. The van der Waals surface area contributed by atoms with Crippen LogP contribution in [0.25, 0.3) is 16.7 Å². The van der Waals surface area contributed by atoms with Gasteiger partial charge in [0.1, 0.15) is 0 Å². The summed E-state index contributed by atoms with van der Waals surface area (Å²) in [5, 5.41) is 0.531. The molecule has 0 N–H and O–H groups in total. The molecule has 22 heavy (non-hydrogen) atoms. The van der Waals surface area contributed by atoms with Crippen molar-refractivity contribution in [3.63, 3.8) is 0 Å². The van der Waals surface area contributed by atoms with E-state index in [4.69, 9.17) is 11.6 Å². The van der Waals surface area contributed by atoms with Gasteiger partial charge in [-0.05, 0) is 12.1 Å². The lowest BCUT2D eigenvalue weighted by atomic mass is 10.2. The van der Waals surface area contributed by atoms with E-state index in [0.717, 1.165) is 12.3 Å². The lowest BCUT2D eigenvalue weighted by Crippen LogP contribution is -2.07. The van der Waals surface area contributed by atoms with E-state index in [0.29, 0.717) is 22.8 Å². The van der Waals surface area contributed by atoms with Gasteiger partial charge in [-0.1, -0.05) is 29.8 Å². The lowest BCUT2D eigenvalue weighted by molar-refractivity contribution is -0.137. The maximum absolute atomic E-state index is 12.7. The summed E-state index contributed by atoms with van der Waals surface area (Å²) in [6, 6.07) is 7.82. The molecule has 3 aromatic rings. The van der Waals surface area contributed by atoms with Crippen LogP contribution in [-0.4, -0.2) is 15.8 Å². The zero-order valence-corrected chi connectivity index (χ0v) is 11.7. The van der Waals surface area contributed by atoms with Gasteiger partial charge in [-0.2, -0.15) is 13.2 Å². The number of fused-ring (bicyclic) bond motifs is 1. The molecule has 0 fully saturated rings. The van der Waals surface area contributed by atoms with Crippen molar-refractivity contribution >= 4 is 28.8 Å². The topological polar surface area (TPSA) is 34.9 Å². The normalized spacial score (nSPS) is 11.8. The number of benzene rings is 1. The van der Waals surface area contributed by atoms with Gasteiger partial charge in [-0.15, -0.1) is 0 Å². The van der Waals surface area contributed by atoms with Crippen molar-refractivity contribution in [2.24, 2.45) is 0 Å². The number of para-hydroxylation sites is 1. The fourth-order valence-electron chi connectivity index (χ4n) is 2.24. The minimum absolute atomic E-state index is 0.138. The van der Waals surface area contributed by atoms with Crippen LogP contribution in [0.2, 0.25) is 5.02 Å². The van der Waals surface area contributed by atoms with Gasteiger partial charge in [0.2, 0.25) is 0 Å². The molecule has 112 valence electrons. The van der Waals surface area contributed by atoms with Gasteiger partial charge in [0.05, 0.1) is 16.1 Å². The quantitative estimate of drug-likeness (QED) is 0.650. The van der Waals surface area contributed by atoms with E-state index < -0.39 is 11.7 Å². The van der Waals surface area contributed by atoms with E-state index in [1.54, 1.807) is 24.3 Å². The summed E-state index contributed by atoms with van der Waals surface area (Å²) >= 11 is 5.95. The molecule has 0 aliphatic carbocycles. The number of hydrogen-bond donors (Lipinski definition) is 0. The molecule has 0 bridgehead atoms.